The minimum Gasteiger partial charge on any atom is -0.272 e. The molecule has 1 N–H and O–H groups in total. The van der Waals surface area contributed by atoms with Crippen LogP contribution >= 0.6 is 11.8 Å². The molecule has 4 aromatic rings. The van der Waals surface area contributed by atoms with Crippen LogP contribution in [0.4, 0.5) is 0 Å². The molecule has 7 nitrogen and oxygen atoms in total. The summed E-state index contributed by atoms with van der Waals surface area (Å²) in [5.74, 6) is 0.652. The Morgan fingerprint density at radius 2 is 1.75 bits per heavy atom. The van der Waals surface area contributed by atoms with Gasteiger partial charge in [-0.1, -0.05) is 65.4 Å². The van der Waals surface area contributed by atoms with Gasteiger partial charge in [-0.3, -0.25) is 14.3 Å². The molecule has 2 heterocycles. The van der Waals surface area contributed by atoms with Gasteiger partial charge in [0.15, 0.2) is 11.0 Å². The van der Waals surface area contributed by atoms with E-state index >= 15 is 0 Å². The first-order chi connectivity index (χ1) is 15.6. The van der Waals surface area contributed by atoms with Crippen LogP contribution < -0.4 is 5.43 Å². The maximum absolute atomic E-state index is 12.3. The van der Waals surface area contributed by atoms with Crippen LogP contribution in [0.2, 0.25) is 0 Å². The molecule has 0 bridgehead atoms. The highest BCUT2D eigenvalue weighted by Gasteiger charge is 2.17. The Morgan fingerprint density at radius 3 is 2.44 bits per heavy atom. The maximum Gasteiger partial charge on any atom is 0.250 e. The molecule has 0 saturated heterocycles. The van der Waals surface area contributed by atoms with E-state index in [2.05, 4.69) is 25.7 Å². The van der Waals surface area contributed by atoms with E-state index in [4.69, 9.17) is 0 Å². The predicted molar refractivity (Wildman–Crippen MR) is 127 cm³/mol. The first kappa shape index (κ1) is 21.5. The smallest absolute Gasteiger partial charge is 0.250 e. The molecular formula is C24H22N6OS. The molecule has 0 unspecified atom stereocenters. The summed E-state index contributed by atoms with van der Waals surface area (Å²) in [6.07, 6.45) is 4.91. The van der Waals surface area contributed by atoms with Crippen LogP contribution in [-0.4, -0.2) is 37.6 Å². The lowest BCUT2D eigenvalue weighted by atomic mass is 10.1. The Bertz CT molecular complexity index is 1220. The molecule has 0 atom stereocenters. The van der Waals surface area contributed by atoms with Crippen molar-refractivity contribution in [1.29, 1.82) is 0 Å². The van der Waals surface area contributed by atoms with E-state index in [0.717, 1.165) is 22.6 Å². The van der Waals surface area contributed by atoms with Gasteiger partial charge in [0.2, 0.25) is 0 Å². The van der Waals surface area contributed by atoms with Crippen LogP contribution in [0.5, 0.6) is 0 Å². The number of hydrogen-bond acceptors (Lipinski definition) is 6. The zero-order valence-electron chi connectivity index (χ0n) is 17.8. The van der Waals surface area contributed by atoms with Gasteiger partial charge in [-0.15, -0.1) is 10.2 Å². The summed E-state index contributed by atoms with van der Waals surface area (Å²) in [4.78, 5) is 16.3. The number of benzene rings is 2. The number of amides is 1. The molecule has 0 radical (unpaired) electrons. The molecule has 8 heteroatoms. The number of carbonyl (C=O) groups is 1. The van der Waals surface area contributed by atoms with E-state index in [-0.39, 0.29) is 11.7 Å². The number of hydrogen-bond donors (Lipinski definition) is 1. The third-order valence-electron chi connectivity index (χ3n) is 4.65. The van der Waals surface area contributed by atoms with Crippen LogP contribution in [0.3, 0.4) is 0 Å². The Kier molecular flexibility index (Phi) is 6.72. The van der Waals surface area contributed by atoms with Gasteiger partial charge in [0.1, 0.15) is 0 Å². The van der Waals surface area contributed by atoms with Crippen molar-refractivity contribution in [3.8, 4) is 17.1 Å². The van der Waals surface area contributed by atoms with E-state index in [0.29, 0.717) is 5.16 Å². The topological polar surface area (TPSA) is 85.1 Å². The minimum absolute atomic E-state index is 0.155. The van der Waals surface area contributed by atoms with E-state index in [9.17, 15) is 4.79 Å². The molecule has 0 aliphatic heterocycles. The standard InChI is InChI=1S/C24H22N6OS/c1-17-5-9-20(10-6-17)23-28-29-24(30(23)21-11-7-18(2)8-12-21)32-16-22(31)27-26-15-19-4-3-13-25-14-19/h3-15H,16H2,1-2H3,(H,27,31)/b26-15-. The normalized spacial score (nSPS) is 11.1. The van der Waals surface area contributed by atoms with Crippen molar-refractivity contribution in [2.45, 2.75) is 19.0 Å². The first-order valence-corrected chi connectivity index (χ1v) is 11.0. The zero-order chi connectivity index (χ0) is 22.3. The fourth-order valence-electron chi connectivity index (χ4n) is 2.97. The lowest BCUT2D eigenvalue weighted by molar-refractivity contribution is -0.118. The molecule has 0 aliphatic carbocycles. The molecule has 0 saturated carbocycles. The van der Waals surface area contributed by atoms with Crippen molar-refractivity contribution in [3.05, 3.63) is 89.7 Å². The lowest BCUT2D eigenvalue weighted by Gasteiger charge is -2.11. The van der Waals surface area contributed by atoms with Crippen molar-refractivity contribution in [2.75, 3.05) is 5.75 Å². The summed E-state index contributed by atoms with van der Waals surface area (Å²) in [6.45, 7) is 4.09. The molecular weight excluding hydrogens is 420 g/mol. The van der Waals surface area contributed by atoms with Crippen molar-refractivity contribution >= 4 is 23.9 Å². The third-order valence-corrected chi connectivity index (χ3v) is 5.58. The quantitative estimate of drug-likeness (QED) is 0.264. The second-order valence-electron chi connectivity index (χ2n) is 7.21. The van der Waals surface area contributed by atoms with Crippen molar-refractivity contribution in [2.24, 2.45) is 5.10 Å². The van der Waals surface area contributed by atoms with Crippen LogP contribution in [-0.2, 0) is 4.79 Å². The van der Waals surface area contributed by atoms with Gasteiger partial charge in [0.05, 0.1) is 12.0 Å². The van der Waals surface area contributed by atoms with Gasteiger partial charge in [-0.05, 0) is 32.0 Å². The molecule has 160 valence electrons. The Morgan fingerprint density at radius 1 is 1.03 bits per heavy atom. The number of aromatic nitrogens is 4. The van der Waals surface area contributed by atoms with Gasteiger partial charge >= 0.3 is 0 Å². The number of thioether (sulfide) groups is 1. The SMILES string of the molecule is Cc1ccc(-c2nnc(SCC(=O)N/N=C\c3cccnc3)n2-c2ccc(C)cc2)cc1. The molecule has 32 heavy (non-hydrogen) atoms. The Labute approximate surface area is 190 Å². The number of hydrazone groups is 1. The van der Waals surface area contributed by atoms with Gasteiger partial charge < -0.3 is 0 Å². The van der Waals surface area contributed by atoms with E-state index in [1.54, 1.807) is 18.6 Å². The highest BCUT2D eigenvalue weighted by atomic mass is 32.2. The summed E-state index contributed by atoms with van der Waals surface area (Å²) in [6, 6.07) is 19.9. The van der Waals surface area contributed by atoms with Crippen LogP contribution in [0.25, 0.3) is 17.1 Å². The zero-order valence-corrected chi connectivity index (χ0v) is 18.6. The fourth-order valence-corrected chi connectivity index (χ4v) is 3.72. The van der Waals surface area contributed by atoms with E-state index in [1.165, 1.54) is 22.9 Å². The molecule has 4 rings (SSSR count). The number of pyridine rings is 1. The molecule has 0 aliphatic rings. The molecule has 2 aromatic carbocycles. The average Bonchev–Trinajstić information content (AvgIpc) is 3.23. The van der Waals surface area contributed by atoms with E-state index < -0.39 is 0 Å². The summed E-state index contributed by atoms with van der Waals surface area (Å²) in [5, 5.41) is 13.4. The monoisotopic (exact) mass is 442 g/mol. The minimum atomic E-state index is -0.231. The molecule has 0 fully saturated rings. The summed E-state index contributed by atoms with van der Waals surface area (Å²) >= 11 is 1.31. The Hall–Kier alpha value is -3.78. The number of rotatable bonds is 7. The van der Waals surface area contributed by atoms with E-state index in [1.807, 2.05) is 79.1 Å². The summed E-state index contributed by atoms with van der Waals surface area (Å²) in [5.41, 5.74) is 7.58. The summed E-state index contributed by atoms with van der Waals surface area (Å²) < 4.78 is 1.97. The van der Waals surface area contributed by atoms with Gasteiger partial charge in [0.25, 0.3) is 5.91 Å². The average molecular weight is 443 g/mol. The molecule has 1 amide bonds. The second-order valence-corrected chi connectivity index (χ2v) is 8.15. The Balaban J connectivity index is 1.53. The number of nitrogens with zero attached hydrogens (tertiary/aromatic N) is 5. The number of aryl methyl sites for hydroxylation is 2. The summed E-state index contributed by atoms with van der Waals surface area (Å²) in [7, 11) is 0. The second kappa shape index (κ2) is 10.0. The van der Waals surface area contributed by atoms with Gasteiger partial charge in [0, 0.05) is 29.2 Å². The first-order valence-electron chi connectivity index (χ1n) is 10.0. The van der Waals surface area contributed by atoms with Crippen molar-refractivity contribution < 1.29 is 4.79 Å². The van der Waals surface area contributed by atoms with Gasteiger partial charge in [-0.2, -0.15) is 5.10 Å². The van der Waals surface area contributed by atoms with Crippen molar-refractivity contribution in [1.82, 2.24) is 25.2 Å². The third kappa shape index (κ3) is 5.28. The highest BCUT2D eigenvalue weighted by Crippen LogP contribution is 2.28. The maximum atomic E-state index is 12.3. The molecule has 2 aromatic heterocycles. The largest absolute Gasteiger partial charge is 0.272 e. The van der Waals surface area contributed by atoms with Crippen molar-refractivity contribution in [3.63, 3.8) is 0 Å². The number of carbonyl (C=O) groups excluding carboxylic acids is 1. The predicted octanol–water partition coefficient (Wildman–Crippen LogP) is 4.19. The highest BCUT2D eigenvalue weighted by molar-refractivity contribution is 7.99. The fraction of sp³-hybridized carbons (Fsp3) is 0.125. The van der Waals surface area contributed by atoms with Gasteiger partial charge in [-0.25, -0.2) is 5.43 Å². The molecule has 0 spiro atoms. The van der Waals surface area contributed by atoms with Crippen LogP contribution in [0, 0.1) is 13.8 Å². The van der Waals surface area contributed by atoms with Crippen LogP contribution in [0.1, 0.15) is 16.7 Å². The van der Waals surface area contributed by atoms with Crippen LogP contribution in [0.15, 0.2) is 83.3 Å². The lowest BCUT2D eigenvalue weighted by Crippen LogP contribution is -2.20. The number of nitrogens with one attached hydrogen (secondary N) is 1.